The van der Waals surface area contributed by atoms with Gasteiger partial charge in [0.25, 0.3) is 0 Å². The van der Waals surface area contributed by atoms with Crippen LogP contribution in [0.4, 0.5) is 0 Å². The van der Waals surface area contributed by atoms with E-state index < -0.39 is 0 Å². The SMILES string of the molecule is Cc1ccc(OC(CN)c2ccccc2)c(Cl)c1. The molecule has 0 fully saturated rings. The van der Waals surface area contributed by atoms with Crippen molar-refractivity contribution in [2.75, 3.05) is 6.54 Å². The maximum atomic E-state index is 6.15. The highest BCUT2D eigenvalue weighted by Gasteiger charge is 2.12. The zero-order valence-electron chi connectivity index (χ0n) is 10.3. The van der Waals surface area contributed by atoms with Crippen LogP contribution in [0.25, 0.3) is 0 Å². The maximum Gasteiger partial charge on any atom is 0.138 e. The van der Waals surface area contributed by atoms with Crippen molar-refractivity contribution in [2.45, 2.75) is 13.0 Å². The first-order valence-electron chi connectivity index (χ1n) is 5.88. The van der Waals surface area contributed by atoms with E-state index in [0.717, 1.165) is 11.1 Å². The minimum Gasteiger partial charge on any atom is -0.483 e. The minimum atomic E-state index is -0.175. The monoisotopic (exact) mass is 261 g/mol. The quantitative estimate of drug-likeness (QED) is 0.910. The van der Waals surface area contributed by atoms with Gasteiger partial charge in [-0.15, -0.1) is 0 Å². The summed E-state index contributed by atoms with van der Waals surface area (Å²) in [5.41, 5.74) is 7.92. The number of nitrogens with two attached hydrogens (primary N) is 1. The van der Waals surface area contributed by atoms with Crippen LogP contribution in [0.3, 0.4) is 0 Å². The Kier molecular flexibility index (Phi) is 4.24. The standard InChI is InChI=1S/C15H16ClNO/c1-11-7-8-14(13(16)9-11)18-15(10-17)12-5-3-2-4-6-12/h2-9,15H,10,17H2,1H3. The van der Waals surface area contributed by atoms with Gasteiger partial charge < -0.3 is 10.5 Å². The topological polar surface area (TPSA) is 35.2 Å². The molecule has 0 aliphatic carbocycles. The Morgan fingerprint density at radius 1 is 1.17 bits per heavy atom. The highest BCUT2D eigenvalue weighted by Crippen LogP contribution is 2.29. The molecule has 18 heavy (non-hydrogen) atoms. The zero-order valence-corrected chi connectivity index (χ0v) is 11.0. The highest BCUT2D eigenvalue weighted by molar-refractivity contribution is 6.32. The van der Waals surface area contributed by atoms with Gasteiger partial charge in [0.15, 0.2) is 0 Å². The molecule has 0 radical (unpaired) electrons. The largest absolute Gasteiger partial charge is 0.483 e. The third-order valence-electron chi connectivity index (χ3n) is 2.74. The van der Waals surface area contributed by atoms with Gasteiger partial charge in [0.2, 0.25) is 0 Å². The summed E-state index contributed by atoms with van der Waals surface area (Å²) in [5.74, 6) is 0.668. The van der Waals surface area contributed by atoms with Crippen LogP contribution < -0.4 is 10.5 Å². The first-order chi connectivity index (χ1) is 8.70. The van der Waals surface area contributed by atoms with E-state index >= 15 is 0 Å². The summed E-state index contributed by atoms with van der Waals surface area (Å²) in [4.78, 5) is 0. The molecular weight excluding hydrogens is 246 g/mol. The van der Waals surface area contributed by atoms with Gasteiger partial charge in [0.05, 0.1) is 5.02 Å². The van der Waals surface area contributed by atoms with Gasteiger partial charge in [0, 0.05) is 6.54 Å². The van der Waals surface area contributed by atoms with Crippen molar-refractivity contribution in [2.24, 2.45) is 5.73 Å². The zero-order chi connectivity index (χ0) is 13.0. The van der Waals surface area contributed by atoms with Crippen molar-refractivity contribution < 1.29 is 4.74 Å². The van der Waals surface area contributed by atoms with Crippen LogP contribution in [-0.4, -0.2) is 6.54 Å². The second-order valence-corrected chi connectivity index (χ2v) is 4.59. The number of aryl methyl sites for hydroxylation is 1. The molecule has 3 heteroatoms. The lowest BCUT2D eigenvalue weighted by Gasteiger charge is -2.18. The fraction of sp³-hybridized carbons (Fsp3) is 0.200. The molecule has 2 aromatic rings. The molecule has 0 spiro atoms. The van der Waals surface area contributed by atoms with Crippen molar-refractivity contribution in [1.82, 2.24) is 0 Å². The van der Waals surface area contributed by atoms with Gasteiger partial charge in [0.1, 0.15) is 11.9 Å². The number of ether oxygens (including phenoxy) is 1. The van der Waals surface area contributed by atoms with E-state index in [0.29, 0.717) is 17.3 Å². The summed E-state index contributed by atoms with van der Waals surface area (Å²) < 4.78 is 5.88. The number of hydrogen-bond acceptors (Lipinski definition) is 2. The number of rotatable bonds is 4. The van der Waals surface area contributed by atoms with Crippen LogP contribution >= 0.6 is 11.6 Å². The van der Waals surface area contributed by atoms with Crippen LogP contribution in [0, 0.1) is 6.92 Å². The van der Waals surface area contributed by atoms with Gasteiger partial charge >= 0.3 is 0 Å². The van der Waals surface area contributed by atoms with Gasteiger partial charge in [-0.25, -0.2) is 0 Å². The molecule has 1 atom stereocenters. The Labute approximate surface area is 112 Å². The minimum absolute atomic E-state index is 0.175. The maximum absolute atomic E-state index is 6.15. The Hall–Kier alpha value is -1.51. The first kappa shape index (κ1) is 12.9. The molecular formula is C15H16ClNO. The summed E-state index contributed by atoms with van der Waals surface area (Å²) in [5, 5.41) is 0.615. The summed E-state index contributed by atoms with van der Waals surface area (Å²) in [6, 6.07) is 15.6. The van der Waals surface area contributed by atoms with E-state index in [4.69, 9.17) is 22.1 Å². The van der Waals surface area contributed by atoms with E-state index in [1.54, 1.807) is 0 Å². The second-order valence-electron chi connectivity index (χ2n) is 4.19. The molecule has 0 aromatic heterocycles. The summed E-state index contributed by atoms with van der Waals surface area (Å²) in [6.45, 7) is 2.40. The molecule has 0 saturated heterocycles. The molecule has 0 bridgehead atoms. The van der Waals surface area contributed by atoms with Crippen molar-refractivity contribution in [3.05, 3.63) is 64.7 Å². The lowest BCUT2D eigenvalue weighted by molar-refractivity contribution is 0.214. The number of hydrogen-bond donors (Lipinski definition) is 1. The Bertz CT molecular complexity index is 513. The fourth-order valence-electron chi connectivity index (χ4n) is 1.77. The van der Waals surface area contributed by atoms with E-state index in [-0.39, 0.29) is 6.10 Å². The van der Waals surface area contributed by atoms with Gasteiger partial charge in [-0.1, -0.05) is 48.0 Å². The second kappa shape index (κ2) is 5.89. The molecule has 0 saturated carbocycles. The molecule has 94 valence electrons. The van der Waals surface area contributed by atoms with E-state index in [9.17, 15) is 0 Å². The lowest BCUT2D eigenvalue weighted by Crippen LogP contribution is -2.18. The van der Waals surface area contributed by atoms with Crippen LogP contribution in [0.5, 0.6) is 5.75 Å². The molecule has 2 rings (SSSR count). The van der Waals surface area contributed by atoms with Crippen molar-refractivity contribution in [3.8, 4) is 5.75 Å². The van der Waals surface area contributed by atoms with Crippen LogP contribution in [0.1, 0.15) is 17.2 Å². The summed E-state index contributed by atoms with van der Waals surface area (Å²) >= 11 is 6.15. The third-order valence-corrected chi connectivity index (χ3v) is 3.04. The normalized spacial score (nSPS) is 12.2. The fourth-order valence-corrected chi connectivity index (χ4v) is 2.05. The lowest BCUT2D eigenvalue weighted by atomic mass is 10.1. The molecule has 0 aliphatic heterocycles. The molecule has 0 heterocycles. The molecule has 2 nitrogen and oxygen atoms in total. The highest BCUT2D eigenvalue weighted by atomic mass is 35.5. The number of halogens is 1. The van der Waals surface area contributed by atoms with Crippen molar-refractivity contribution in [1.29, 1.82) is 0 Å². The van der Waals surface area contributed by atoms with Crippen LogP contribution in [-0.2, 0) is 0 Å². The summed E-state index contributed by atoms with van der Waals surface area (Å²) in [7, 11) is 0. The molecule has 2 aromatic carbocycles. The van der Waals surface area contributed by atoms with Crippen molar-refractivity contribution >= 4 is 11.6 Å². The van der Waals surface area contributed by atoms with E-state index in [2.05, 4.69) is 0 Å². The van der Waals surface area contributed by atoms with Gasteiger partial charge in [-0.3, -0.25) is 0 Å². The van der Waals surface area contributed by atoms with Gasteiger partial charge in [-0.05, 0) is 30.2 Å². The predicted molar refractivity (Wildman–Crippen MR) is 75.1 cm³/mol. The smallest absolute Gasteiger partial charge is 0.138 e. The van der Waals surface area contributed by atoms with Crippen LogP contribution in [0.15, 0.2) is 48.5 Å². The molecule has 2 N–H and O–H groups in total. The average molecular weight is 262 g/mol. The van der Waals surface area contributed by atoms with E-state index in [1.807, 2.05) is 55.5 Å². The van der Waals surface area contributed by atoms with Crippen molar-refractivity contribution in [3.63, 3.8) is 0 Å². The Morgan fingerprint density at radius 3 is 2.50 bits per heavy atom. The average Bonchev–Trinajstić information content (AvgIpc) is 2.39. The van der Waals surface area contributed by atoms with Gasteiger partial charge in [-0.2, -0.15) is 0 Å². The number of benzene rings is 2. The summed E-state index contributed by atoms with van der Waals surface area (Å²) in [6.07, 6.45) is -0.175. The third kappa shape index (κ3) is 3.03. The molecule has 0 amide bonds. The van der Waals surface area contributed by atoms with E-state index in [1.165, 1.54) is 0 Å². The van der Waals surface area contributed by atoms with Crippen LogP contribution in [0.2, 0.25) is 5.02 Å². The predicted octanol–water partition coefficient (Wildman–Crippen LogP) is 3.73. The Morgan fingerprint density at radius 2 is 1.89 bits per heavy atom. The molecule has 0 aliphatic rings. The Balaban J connectivity index is 2.21. The molecule has 1 unspecified atom stereocenters. The first-order valence-corrected chi connectivity index (χ1v) is 6.26.